The molecule has 0 aromatic heterocycles. The number of nitrogens with one attached hydrogen (secondary N) is 1. The third kappa shape index (κ3) is 3.96. The Morgan fingerprint density at radius 2 is 2.00 bits per heavy atom. The summed E-state index contributed by atoms with van der Waals surface area (Å²) in [5.41, 5.74) is 5.70. The zero-order valence-corrected chi connectivity index (χ0v) is 10.7. The molecule has 1 saturated heterocycles. The highest BCUT2D eigenvalue weighted by molar-refractivity contribution is 5.78. The third-order valence-corrected chi connectivity index (χ3v) is 4.02. The van der Waals surface area contributed by atoms with Gasteiger partial charge in [0.1, 0.15) is 0 Å². The lowest BCUT2D eigenvalue weighted by Gasteiger charge is -2.31. The average molecular weight is 239 g/mol. The van der Waals surface area contributed by atoms with Crippen LogP contribution in [0, 0.1) is 5.92 Å². The predicted octanol–water partition coefficient (Wildman–Crippen LogP) is 0.716. The molecule has 1 atom stereocenters. The fourth-order valence-electron chi connectivity index (χ4n) is 3.03. The van der Waals surface area contributed by atoms with E-state index >= 15 is 0 Å². The smallest absolute Gasteiger partial charge is 0.234 e. The van der Waals surface area contributed by atoms with Crippen LogP contribution in [0.2, 0.25) is 0 Å². The first kappa shape index (κ1) is 12.8. The SMILES string of the molecule is NC[C@@H]1CCCN(CC(=O)NC2CCCC2)C1. The maximum absolute atomic E-state index is 11.9. The molecule has 1 aliphatic heterocycles. The van der Waals surface area contributed by atoms with Crippen LogP contribution in [0.3, 0.4) is 0 Å². The van der Waals surface area contributed by atoms with Crippen molar-refractivity contribution in [2.24, 2.45) is 11.7 Å². The van der Waals surface area contributed by atoms with E-state index in [1.165, 1.54) is 25.7 Å². The van der Waals surface area contributed by atoms with Crippen molar-refractivity contribution in [2.75, 3.05) is 26.2 Å². The Balaban J connectivity index is 1.70. The van der Waals surface area contributed by atoms with Gasteiger partial charge in [0.15, 0.2) is 0 Å². The first-order valence-corrected chi connectivity index (χ1v) is 6.99. The van der Waals surface area contributed by atoms with Gasteiger partial charge in [-0.2, -0.15) is 0 Å². The minimum Gasteiger partial charge on any atom is -0.352 e. The molecule has 0 aromatic rings. The highest BCUT2D eigenvalue weighted by Gasteiger charge is 2.22. The monoisotopic (exact) mass is 239 g/mol. The fourth-order valence-corrected chi connectivity index (χ4v) is 3.03. The number of nitrogens with zero attached hydrogens (tertiary/aromatic N) is 1. The maximum Gasteiger partial charge on any atom is 0.234 e. The van der Waals surface area contributed by atoms with Crippen LogP contribution < -0.4 is 11.1 Å². The van der Waals surface area contributed by atoms with Crippen molar-refractivity contribution >= 4 is 5.91 Å². The molecular weight excluding hydrogens is 214 g/mol. The Hall–Kier alpha value is -0.610. The number of hydrogen-bond donors (Lipinski definition) is 2. The van der Waals surface area contributed by atoms with Crippen LogP contribution >= 0.6 is 0 Å². The summed E-state index contributed by atoms with van der Waals surface area (Å²) < 4.78 is 0. The average Bonchev–Trinajstić information content (AvgIpc) is 2.82. The van der Waals surface area contributed by atoms with Gasteiger partial charge in [0.05, 0.1) is 6.54 Å². The summed E-state index contributed by atoms with van der Waals surface area (Å²) in [6.07, 6.45) is 7.26. The van der Waals surface area contributed by atoms with Gasteiger partial charge in [0, 0.05) is 12.6 Å². The molecule has 98 valence electrons. The van der Waals surface area contributed by atoms with Crippen LogP contribution in [0.25, 0.3) is 0 Å². The number of likely N-dealkylation sites (tertiary alicyclic amines) is 1. The quantitative estimate of drug-likeness (QED) is 0.760. The standard InChI is InChI=1S/C13H25N3O/c14-8-11-4-3-7-16(9-11)10-13(17)15-12-5-1-2-6-12/h11-12H,1-10,14H2,(H,15,17)/t11-/m0/s1. The predicted molar refractivity (Wildman–Crippen MR) is 68.6 cm³/mol. The molecule has 2 fully saturated rings. The van der Waals surface area contributed by atoms with Gasteiger partial charge in [-0.15, -0.1) is 0 Å². The van der Waals surface area contributed by atoms with E-state index in [1.54, 1.807) is 0 Å². The van der Waals surface area contributed by atoms with Crippen molar-refractivity contribution in [3.8, 4) is 0 Å². The number of carbonyl (C=O) groups is 1. The number of rotatable bonds is 4. The summed E-state index contributed by atoms with van der Waals surface area (Å²) in [5, 5.41) is 3.15. The number of piperidine rings is 1. The normalized spacial score (nSPS) is 27.2. The molecule has 1 heterocycles. The van der Waals surface area contributed by atoms with E-state index in [2.05, 4.69) is 10.2 Å². The van der Waals surface area contributed by atoms with Gasteiger partial charge < -0.3 is 11.1 Å². The van der Waals surface area contributed by atoms with E-state index < -0.39 is 0 Å². The van der Waals surface area contributed by atoms with Crippen molar-refractivity contribution in [3.63, 3.8) is 0 Å². The summed E-state index contributed by atoms with van der Waals surface area (Å²) in [6, 6.07) is 0.442. The van der Waals surface area contributed by atoms with Crippen LogP contribution in [0.4, 0.5) is 0 Å². The maximum atomic E-state index is 11.9. The molecule has 1 saturated carbocycles. The van der Waals surface area contributed by atoms with Gasteiger partial charge in [-0.1, -0.05) is 12.8 Å². The molecule has 17 heavy (non-hydrogen) atoms. The summed E-state index contributed by atoms with van der Waals surface area (Å²) in [6.45, 7) is 3.36. The Bertz CT molecular complexity index is 251. The van der Waals surface area contributed by atoms with Crippen LogP contribution in [-0.4, -0.2) is 43.0 Å². The molecule has 3 N–H and O–H groups in total. The second-order valence-corrected chi connectivity index (χ2v) is 5.53. The summed E-state index contributed by atoms with van der Waals surface area (Å²) in [7, 11) is 0. The van der Waals surface area contributed by atoms with E-state index in [0.29, 0.717) is 18.5 Å². The molecule has 0 radical (unpaired) electrons. The van der Waals surface area contributed by atoms with Gasteiger partial charge >= 0.3 is 0 Å². The van der Waals surface area contributed by atoms with E-state index in [1.807, 2.05) is 0 Å². The lowest BCUT2D eigenvalue weighted by atomic mass is 9.98. The van der Waals surface area contributed by atoms with E-state index in [-0.39, 0.29) is 5.91 Å². The molecular formula is C13H25N3O. The van der Waals surface area contributed by atoms with Gasteiger partial charge in [0.25, 0.3) is 0 Å². The number of carbonyl (C=O) groups excluding carboxylic acids is 1. The number of nitrogens with two attached hydrogens (primary N) is 1. The van der Waals surface area contributed by atoms with Gasteiger partial charge in [0.2, 0.25) is 5.91 Å². The summed E-state index contributed by atoms with van der Waals surface area (Å²) in [4.78, 5) is 14.1. The third-order valence-electron chi connectivity index (χ3n) is 4.02. The van der Waals surface area contributed by atoms with Crippen LogP contribution in [-0.2, 0) is 4.79 Å². The van der Waals surface area contributed by atoms with Crippen molar-refractivity contribution in [1.29, 1.82) is 0 Å². The highest BCUT2D eigenvalue weighted by atomic mass is 16.2. The molecule has 4 nitrogen and oxygen atoms in total. The molecule has 4 heteroatoms. The highest BCUT2D eigenvalue weighted by Crippen LogP contribution is 2.18. The first-order valence-electron chi connectivity index (χ1n) is 6.99. The van der Waals surface area contributed by atoms with E-state index in [9.17, 15) is 4.79 Å². The molecule has 0 spiro atoms. The molecule has 2 aliphatic rings. The van der Waals surface area contributed by atoms with Crippen molar-refractivity contribution in [1.82, 2.24) is 10.2 Å². The fraction of sp³-hybridized carbons (Fsp3) is 0.923. The van der Waals surface area contributed by atoms with Crippen LogP contribution in [0.1, 0.15) is 38.5 Å². The molecule has 1 amide bonds. The van der Waals surface area contributed by atoms with Gasteiger partial charge in [-0.05, 0) is 44.7 Å². The first-order chi connectivity index (χ1) is 8.28. The second-order valence-electron chi connectivity index (χ2n) is 5.53. The van der Waals surface area contributed by atoms with Crippen LogP contribution in [0.15, 0.2) is 0 Å². The molecule has 0 unspecified atom stereocenters. The summed E-state index contributed by atoms with van der Waals surface area (Å²) in [5.74, 6) is 0.789. The second kappa shape index (κ2) is 6.36. The molecule has 2 rings (SSSR count). The lowest BCUT2D eigenvalue weighted by molar-refractivity contribution is -0.123. The summed E-state index contributed by atoms with van der Waals surface area (Å²) >= 11 is 0. The van der Waals surface area contributed by atoms with Crippen molar-refractivity contribution in [3.05, 3.63) is 0 Å². The Morgan fingerprint density at radius 1 is 1.24 bits per heavy atom. The number of amides is 1. The van der Waals surface area contributed by atoms with Crippen molar-refractivity contribution < 1.29 is 4.79 Å². The zero-order chi connectivity index (χ0) is 12.1. The minimum absolute atomic E-state index is 0.203. The molecule has 1 aliphatic carbocycles. The van der Waals surface area contributed by atoms with Gasteiger partial charge in [-0.3, -0.25) is 9.69 Å². The van der Waals surface area contributed by atoms with Crippen molar-refractivity contribution in [2.45, 2.75) is 44.6 Å². The van der Waals surface area contributed by atoms with E-state index in [4.69, 9.17) is 5.73 Å². The van der Waals surface area contributed by atoms with Gasteiger partial charge in [-0.25, -0.2) is 0 Å². The minimum atomic E-state index is 0.203. The zero-order valence-electron chi connectivity index (χ0n) is 10.7. The van der Waals surface area contributed by atoms with Crippen LogP contribution in [0.5, 0.6) is 0 Å². The molecule has 0 aromatic carbocycles. The topological polar surface area (TPSA) is 58.4 Å². The van der Waals surface area contributed by atoms with E-state index in [0.717, 1.165) is 32.5 Å². The number of hydrogen-bond acceptors (Lipinski definition) is 3. The Morgan fingerprint density at radius 3 is 2.71 bits per heavy atom. The Labute approximate surface area is 104 Å². The molecule has 0 bridgehead atoms. The lowest BCUT2D eigenvalue weighted by Crippen LogP contribution is -2.45. The largest absolute Gasteiger partial charge is 0.352 e. The Kier molecular flexibility index (Phi) is 4.80.